The molecule has 1 aromatic heterocycles. The van der Waals surface area contributed by atoms with Gasteiger partial charge in [-0.1, -0.05) is 19.1 Å². The Labute approximate surface area is 90.7 Å². The summed E-state index contributed by atoms with van der Waals surface area (Å²) in [5.41, 5.74) is 2.59. The highest BCUT2D eigenvalue weighted by Crippen LogP contribution is 2.17. The summed E-state index contributed by atoms with van der Waals surface area (Å²) in [5, 5.41) is 4.84. The van der Waals surface area contributed by atoms with Crippen LogP contribution in [0, 0.1) is 0 Å². The van der Waals surface area contributed by atoms with Gasteiger partial charge in [0.1, 0.15) is 0 Å². The van der Waals surface area contributed by atoms with Crippen LogP contribution in [0.3, 0.4) is 0 Å². The minimum absolute atomic E-state index is 0.583. The topological polar surface area (TPSA) is 27.8 Å². The highest BCUT2D eigenvalue weighted by atomic mass is 14.9. The van der Waals surface area contributed by atoms with E-state index in [1.807, 2.05) is 6.20 Å². The van der Waals surface area contributed by atoms with Gasteiger partial charge in [0.05, 0.1) is 0 Å². The number of benzene rings is 1. The molecule has 1 atom stereocenters. The van der Waals surface area contributed by atoms with E-state index in [2.05, 4.69) is 48.4 Å². The summed E-state index contributed by atoms with van der Waals surface area (Å²) in [6.07, 6.45) is 3.17. The summed E-state index contributed by atoms with van der Waals surface area (Å²) in [4.78, 5) is 3.23. The first-order valence-electron chi connectivity index (χ1n) is 5.59. The molecule has 2 aromatic rings. The maximum Gasteiger partial charge on any atom is 0.0457 e. The van der Waals surface area contributed by atoms with Crippen LogP contribution in [0.5, 0.6) is 0 Å². The van der Waals surface area contributed by atoms with E-state index in [1.165, 1.54) is 22.9 Å². The number of hydrogen-bond acceptors (Lipinski definition) is 1. The van der Waals surface area contributed by atoms with Crippen LogP contribution in [0.15, 0.2) is 30.5 Å². The van der Waals surface area contributed by atoms with E-state index in [0.717, 1.165) is 6.54 Å². The smallest absolute Gasteiger partial charge is 0.0457 e. The Morgan fingerprint density at radius 1 is 1.33 bits per heavy atom. The molecule has 0 aliphatic carbocycles. The molecule has 2 rings (SSSR count). The van der Waals surface area contributed by atoms with E-state index < -0.39 is 0 Å². The van der Waals surface area contributed by atoms with Crippen LogP contribution in [0.4, 0.5) is 0 Å². The van der Waals surface area contributed by atoms with Crippen LogP contribution in [0.25, 0.3) is 10.9 Å². The fourth-order valence-corrected chi connectivity index (χ4v) is 1.73. The highest BCUT2D eigenvalue weighted by Gasteiger charge is 2.02. The van der Waals surface area contributed by atoms with Gasteiger partial charge in [-0.3, -0.25) is 0 Å². The standard InChI is InChI=1S/C13H18N2/c1-3-10(2)15-9-11-5-4-6-13-12(11)7-8-14-13/h4-8,10,14-15H,3,9H2,1-2H3/t10-/m1/s1. The molecular formula is C13H18N2. The molecule has 2 N–H and O–H groups in total. The first-order valence-corrected chi connectivity index (χ1v) is 5.59. The molecule has 1 heterocycles. The van der Waals surface area contributed by atoms with Crippen LogP contribution < -0.4 is 5.32 Å². The molecule has 0 fully saturated rings. The quantitative estimate of drug-likeness (QED) is 0.783. The number of rotatable bonds is 4. The second kappa shape index (κ2) is 4.49. The summed E-state index contributed by atoms with van der Waals surface area (Å²) in [5.74, 6) is 0. The summed E-state index contributed by atoms with van der Waals surface area (Å²) < 4.78 is 0. The normalized spacial score (nSPS) is 13.2. The van der Waals surface area contributed by atoms with Crippen LogP contribution in [0.2, 0.25) is 0 Å². The van der Waals surface area contributed by atoms with Crippen LogP contribution >= 0.6 is 0 Å². The van der Waals surface area contributed by atoms with Crippen LogP contribution in [-0.4, -0.2) is 11.0 Å². The second-order valence-corrected chi connectivity index (χ2v) is 4.05. The van der Waals surface area contributed by atoms with Crippen molar-refractivity contribution in [2.24, 2.45) is 0 Å². The second-order valence-electron chi connectivity index (χ2n) is 4.05. The van der Waals surface area contributed by atoms with Gasteiger partial charge in [0.15, 0.2) is 0 Å². The highest BCUT2D eigenvalue weighted by molar-refractivity contribution is 5.82. The SMILES string of the molecule is CC[C@@H](C)NCc1cccc2[nH]ccc12. The molecule has 0 aliphatic heterocycles. The molecule has 0 unspecified atom stereocenters. The average Bonchev–Trinajstić information content (AvgIpc) is 2.74. The average molecular weight is 202 g/mol. The molecule has 0 spiro atoms. The molecule has 2 nitrogen and oxygen atoms in total. The Morgan fingerprint density at radius 2 is 2.20 bits per heavy atom. The van der Waals surface area contributed by atoms with Gasteiger partial charge in [-0.25, -0.2) is 0 Å². The molecule has 15 heavy (non-hydrogen) atoms. The molecule has 1 aromatic carbocycles. The van der Waals surface area contributed by atoms with E-state index in [1.54, 1.807) is 0 Å². The predicted molar refractivity (Wildman–Crippen MR) is 64.9 cm³/mol. The lowest BCUT2D eigenvalue weighted by atomic mass is 10.1. The fraction of sp³-hybridized carbons (Fsp3) is 0.385. The van der Waals surface area contributed by atoms with Gasteiger partial charge >= 0.3 is 0 Å². The zero-order valence-electron chi connectivity index (χ0n) is 9.38. The summed E-state index contributed by atoms with van der Waals surface area (Å²) >= 11 is 0. The van der Waals surface area contributed by atoms with E-state index >= 15 is 0 Å². The van der Waals surface area contributed by atoms with Gasteiger partial charge in [0.25, 0.3) is 0 Å². The summed E-state index contributed by atoms with van der Waals surface area (Å²) in [6.45, 7) is 5.37. The molecule has 0 amide bonds. The Bertz CT molecular complexity index is 431. The van der Waals surface area contributed by atoms with Crippen molar-refractivity contribution in [1.29, 1.82) is 0 Å². The number of nitrogens with one attached hydrogen (secondary N) is 2. The maximum atomic E-state index is 3.52. The molecule has 2 heteroatoms. The van der Waals surface area contributed by atoms with Crippen LogP contribution in [0.1, 0.15) is 25.8 Å². The number of fused-ring (bicyclic) bond motifs is 1. The Kier molecular flexibility index (Phi) is 3.07. The van der Waals surface area contributed by atoms with Gasteiger partial charge < -0.3 is 10.3 Å². The van der Waals surface area contributed by atoms with Crippen LogP contribution in [-0.2, 0) is 6.54 Å². The minimum atomic E-state index is 0.583. The molecule has 0 radical (unpaired) electrons. The molecule has 0 aliphatic rings. The third-order valence-corrected chi connectivity index (χ3v) is 2.94. The van der Waals surface area contributed by atoms with E-state index in [0.29, 0.717) is 6.04 Å². The van der Waals surface area contributed by atoms with Crippen molar-refractivity contribution in [3.63, 3.8) is 0 Å². The predicted octanol–water partition coefficient (Wildman–Crippen LogP) is 3.06. The van der Waals surface area contributed by atoms with Gasteiger partial charge in [0, 0.05) is 29.7 Å². The zero-order valence-corrected chi connectivity index (χ0v) is 9.38. The summed E-state index contributed by atoms with van der Waals surface area (Å²) in [7, 11) is 0. The largest absolute Gasteiger partial charge is 0.361 e. The zero-order chi connectivity index (χ0) is 10.7. The van der Waals surface area contributed by atoms with E-state index in [4.69, 9.17) is 0 Å². The molecular weight excluding hydrogens is 184 g/mol. The van der Waals surface area contributed by atoms with Crippen molar-refractivity contribution in [3.8, 4) is 0 Å². The van der Waals surface area contributed by atoms with Crippen molar-refractivity contribution >= 4 is 10.9 Å². The van der Waals surface area contributed by atoms with Gasteiger partial charge in [-0.05, 0) is 31.0 Å². The Morgan fingerprint density at radius 3 is 3.00 bits per heavy atom. The van der Waals surface area contributed by atoms with Crippen molar-refractivity contribution in [2.75, 3.05) is 0 Å². The monoisotopic (exact) mass is 202 g/mol. The molecule has 0 saturated carbocycles. The van der Waals surface area contributed by atoms with Crippen molar-refractivity contribution < 1.29 is 0 Å². The first-order chi connectivity index (χ1) is 7.31. The third-order valence-electron chi connectivity index (χ3n) is 2.94. The lowest BCUT2D eigenvalue weighted by Gasteiger charge is -2.11. The minimum Gasteiger partial charge on any atom is -0.361 e. The van der Waals surface area contributed by atoms with Crippen molar-refractivity contribution in [3.05, 3.63) is 36.0 Å². The molecule has 0 bridgehead atoms. The first kappa shape index (κ1) is 10.2. The number of aromatic nitrogens is 1. The van der Waals surface area contributed by atoms with Gasteiger partial charge in [-0.15, -0.1) is 0 Å². The number of aromatic amines is 1. The molecule has 0 saturated heterocycles. The maximum absolute atomic E-state index is 3.52. The third kappa shape index (κ3) is 2.21. The Balaban J connectivity index is 2.17. The van der Waals surface area contributed by atoms with Gasteiger partial charge in [0.2, 0.25) is 0 Å². The number of hydrogen-bond donors (Lipinski definition) is 2. The van der Waals surface area contributed by atoms with Crippen molar-refractivity contribution in [1.82, 2.24) is 10.3 Å². The van der Waals surface area contributed by atoms with E-state index in [9.17, 15) is 0 Å². The molecule has 80 valence electrons. The summed E-state index contributed by atoms with van der Waals surface area (Å²) in [6, 6.07) is 9.13. The fourth-order valence-electron chi connectivity index (χ4n) is 1.73. The number of H-pyrrole nitrogens is 1. The van der Waals surface area contributed by atoms with Crippen molar-refractivity contribution in [2.45, 2.75) is 32.9 Å². The lowest BCUT2D eigenvalue weighted by Crippen LogP contribution is -2.24. The van der Waals surface area contributed by atoms with E-state index in [-0.39, 0.29) is 0 Å². The lowest BCUT2D eigenvalue weighted by molar-refractivity contribution is 0.535. The van der Waals surface area contributed by atoms with Gasteiger partial charge in [-0.2, -0.15) is 0 Å². The Hall–Kier alpha value is -1.28.